The van der Waals surface area contributed by atoms with E-state index >= 15 is 0 Å². The molecule has 2 aromatic rings. The highest BCUT2D eigenvalue weighted by Gasteiger charge is 2.06. The van der Waals surface area contributed by atoms with Gasteiger partial charge in [0, 0.05) is 20.2 Å². The summed E-state index contributed by atoms with van der Waals surface area (Å²) in [7, 11) is 1.68. The lowest BCUT2D eigenvalue weighted by Crippen LogP contribution is -2.18. The van der Waals surface area contributed by atoms with Gasteiger partial charge in [-0.15, -0.1) is 5.10 Å². The minimum atomic E-state index is 0.660. The summed E-state index contributed by atoms with van der Waals surface area (Å²) >= 11 is 6.16. The van der Waals surface area contributed by atoms with Crippen molar-refractivity contribution >= 4 is 11.6 Å². The Morgan fingerprint density at radius 2 is 2.26 bits per heavy atom. The van der Waals surface area contributed by atoms with Gasteiger partial charge in [0.15, 0.2) is 0 Å². The smallest absolute Gasteiger partial charge is 0.0969 e. The van der Waals surface area contributed by atoms with Crippen molar-refractivity contribution in [1.82, 2.24) is 20.3 Å². The number of nitrogens with zero attached hydrogens (tertiary/aromatic N) is 3. The molecule has 0 atom stereocenters. The number of hydrogen-bond donors (Lipinski definition) is 1. The van der Waals surface area contributed by atoms with Gasteiger partial charge in [-0.3, -0.25) is 0 Å². The third-order valence-corrected chi connectivity index (χ3v) is 3.00. The number of aromatic nitrogens is 3. The highest BCUT2D eigenvalue weighted by Crippen LogP contribution is 2.20. The maximum atomic E-state index is 6.16. The molecule has 0 fully saturated rings. The molecule has 102 valence electrons. The first-order valence-electron chi connectivity index (χ1n) is 6.08. The first-order chi connectivity index (χ1) is 9.20. The van der Waals surface area contributed by atoms with Gasteiger partial charge in [0.05, 0.1) is 29.2 Å². The largest absolute Gasteiger partial charge is 0.383 e. The Hall–Kier alpha value is -1.43. The summed E-state index contributed by atoms with van der Waals surface area (Å²) in [4.78, 5) is 0. The lowest BCUT2D eigenvalue weighted by Gasteiger charge is -2.04. The van der Waals surface area contributed by atoms with Gasteiger partial charge in [-0.1, -0.05) is 22.9 Å². The van der Waals surface area contributed by atoms with Gasteiger partial charge in [-0.05, 0) is 24.6 Å². The molecular formula is C13H17ClN4O. The standard InChI is InChI=1S/C13H17ClN4O/c1-10-3-4-12(14)13(7-10)18-9-11(16-17-18)8-15-5-6-19-2/h3-4,7,9,15H,5-6,8H2,1-2H3. The van der Waals surface area contributed by atoms with Crippen molar-refractivity contribution in [2.45, 2.75) is 13.5 Å². The molecule has 0 aliphatic heterocycles. The Labute approximate surface area is 117 Å². The van der Waals surface area contributed by atoms with Crippen molar-refractivity contribution in [1.29, 1.82) is 0 Å². The van der Waals surface area contributed by atoms with E-state index in [1.54, 1.807) is 11.8 Å². The van der Waals surface area contributed by atoms with E-state index in [9.17, 15) is 0 Å². The number of rotatable bonds is 6. The van der Waals surface area contributed by atoms with Gasteiger partial charge in [0.1, 0.15) is 0 Å². The van der Waals surface area contributed by atoms with Crippen molar-refractivity contribution in [3.8, 4) is 5.69 Å². The van der Waals surface area contributed by atoms with Gasteiger partial charge < -0.3 is 10.1 Å². The van der Waals surface area contributed by atoms with E-state index in [0.29, 0.717) is 18.2 Å². The summed E-state index contributed by atoms with van der Waals surface area (Å²) < 4.78 is 6.66. The Morgan fingerprint density at radius 1 is 1.42 bits per heavy atom. The average molecular weight is 281 g/mol. The van der Waals surface area contributed by atoms with Gasteiger partial charge in [-0.25, -0.2) is 4.68 Å². The number of nitrogens with one attached hydrogen (secondary N) is 1. The summed E-state index contributed by atoms with van der Waals surface area (Å²) in [5, 5.41) is 12.1. The molecule has 19 heavy (non-hydrogen) atoms. The van der Waals surface area contributed by atoms with E-state index in [1.807, 2.05) is 31.3 Å². The molecule has 0 radical (unpaired) electrons. The predicted molar refractivity (Wildman–Crippen MR) is 74.7 cm³/mol. The Kier molecular flexibility index (Phi) is 4.90. The number of benzene rings is 1. The average Bonchev–Trinajstić information content (AvgIpc) is 2.86. The third kappa shape index (κ3) is 3.76. The lowest BCUT2D eigenvalue weighted by atomic mass is 10.2. The second-order valence-corrected chi connectivity index (χ2v) is 4.69. The molecule has 1 heterocycles. The summed E-state index contributed by atoms with van der Waals surface area (Å²) in [5.74, 6) is 0. The molecule has 1 N–H and O–H groups in total. The van der Waals surface area contributed by atoms with Crippen LogP contribution in [0.2, 0.25) is 5.02 Å². The normalized spacial score (nSPS) is 10.9. The predicted octanol–water partition coefficient (Wildman–Crippen LogP) is 1.97. The van der Waals surface area contributed by atoms with Crippen LogP contribution in [0.1, 0.15) is 11.3 Å². The molecule has 0 saturated carbocycles. The van der Waals surface area contributed by atoms with Crippen LogP contribution in [0.5, 0.6) is 0 Å². The lowest BCUT2D eigenvalue weighted by molar-refractivity contribution is 0.199. The van der Waals surface area contributed by atoms with E-state index in [2.05, 4.69) is 15.6 Å². The zero-order chi connectivity index (χ0) is 13.7. The van der Waals surface area contributed by atoms with Crippen LogP contribution in [0, 0.1) is 6.92 Å². The van der Waals surface area contributed by atoms with Crippen LogP contribution in [0.3, 0.4) is 0 Å². The van der Waals surface area contributed by atoms with Crippen molar-refractivity contribution in [2.24, 2.45) is 0 Å². The van der Waals surface area contributed by atoms with Gasteiger partial charge in [0.25, 0.3) is 0 Å². The van der Waals surface area contributed by atoms with Crippen LogP contribution in [-0.2, 0) is 11.3 Å². The van der Waals surface area contributed by atoms with Crippen LogP contribution in [0.15, 0.2) is 24.4 Å². The van der Waals surface area contributed by atoms with Crippen molar-refractivity contribution in [3.05, 3.63) is 40.7 Å². The first-order valence-corrected chi connectivity index (χ1v) is 6.46. The topological polar surface area (TPSA) is 52.0 Å². The summed E-state index contributed by atoms with van der Waals surface area (Å²) in [6, 6.07) is 5.82. The van der Waals surface area contributed by atoms with Crippen molar-refractivity contribution in [3.63, 3.8) is 0 Å². The first kappa shape index (κ1) is 14.0. The van der Waals surface area contributed by atoms with Crippen molar-refractivity contribution in [2.75, 3.05) is 20.3 Å². The minimum absolute atomic E-state index is 0.660. The molecule has 0 spiro atoms. The number of ether oxygens (including phenoxy) is 1. The second kappa shape index (κ2) is 6.65. The molecule has 0 aliphatic rings. The second-order valence-electron chi connectivity index (χ2n) is 4.28. The van der Waals surface area contributed by atoms with E-state index in [4.69, 9.17) is 16.3 Å². The quantitative estimate of drug-likeness (QED) is 0.822. The fourth-order valence-electron chi connectivity index (χ4n) is 1.69. The molecule has 0 unspecified atom stereocenters. The minimum Gasteiger partial charge on any atom is -0.383 e. The summed E-state index contributed by atoms with van der Waals surface area (Å²) in [6.07, 6.45) is 1.88. The molecular weight excluding hydrogens is 264 g/mol. The highest BCUT2D eigenvalue weighted by molar-refractivity contribution is 6.32. The molecule has 0 amide bonds. The molecule has 0 aliphatic carbocycles. The van der Waals surface area contributed by atoms with Gasteiger partial charge in [-0.2, -0.15) is 0 Å². The Bertz CT molecular complexity index is 541. The highest BCUT2D eigenvalue weighted by atomic mass is 35.5. The van der Waals surface area contributed by atoms with Gasteiger partial charge in [0.2, 0.25) is 0 Å². The SMILES string of the molecule is COCCNCc1cn(-c2cc(C)ccc2Cl)nn1. The Balaban J connectivity index is 2.06. The molecule has 1 aromatic heterocycles. The van der Waals surface area contributed by atoms with E-state index in [0.717, 1.165) is 23.5 Å². The maximum absolute atomic E-state index is 6.16. The third-order valence-electron chi connectivity index (χ3n) is 2.68. The molecule has 5 nitrogen and oxygen atoms in total. The van der Waals surface area contributed by atoms with Crippen LogP contribution < -0.4 is 5.32 Å². The molecule has 6 heteroatoms. The number of methoxy groups -OCH3 is 1. The van der Waals surface area contributed by atoms with E-state index in [1.165, 1.54) is 0 Å². The zero-order valence-electron chi connectivity index (χ0n) is 11.1. The van der Waals surface area contributed by atoms with Crippen LogP contribution in [-0.4, -0.2) is 35.3 Å². The summed E-state index contributed by atoms with van der Waals surface area (Å²) in [5.41, 5.74) is 2.85. The Morgan fingerprint density at radius 3 is 3.05 bits per heavy atom. The van der Waals surface area contributed by atoms with Crippen LogP contribution >= 0.6 is 11.6 Å². The fraction of sp³-hybridized carbons (Fsp3) is 0.385. The van der Waals surface area contributed by atoms with E-state index < -0.39 is 0 Å². The molecule has 2 rings (SSSR count). The number of hydrogen-bond acceptors (Lipinski definition) is 4. The number of aryl methyl sites for hydroxylation is 1. The summed E-state index contributed by atoms with van der Waals surface area (Å²) in [6.45, 7) is 4.14. The molecule has 0 bridgehead atoms. The van der Waals surface area contributed by atoms with Crippen LogP contribution in [0.4, 0.5) is 0 Å². The monoisotopic (exact) mass is 280 g/mol. The van der Waals surface area contributed by atoms with Gasteiger partial charge >= 0.3 is 0 Å². The molecule has 1 aromatic carbocycles. The zero-order valence-corrected chi connectivity index (χ0v) is 11.8. The van der Waals surface area contributed by atoms with E-state index in [-0.39, 0.29) is 0 Å². The molecule has 0 saturated heterocycles. The number of halogens is 1. The fourth-order valence-corrected chi connectivity index (χ4v) is 1.89. The van der Waals surface area contributed by atoms with Crippen LogP contribution in [0.25, 0.3) is 5.69 Å². The maximum Gasteiger partial charge on any atom is 0.0969 e. The van der Waals surface area contributed by atoms with Crippen molar-refractivity contribution < 1.29 is 4.74 Å².